The molecule has 2 rings (SSSR count). The Labute approximate surface area is 100 Å². The van der Waals surface area contributed by atoms with Gasteiger partial charge in [0.2, 0.25) is 11.8 Å². The summed E-state index contributed by atoms with van der Waals surface area (Å²) in [6.45, 7) is 3.93. The standard InChI is InChI=1S/C13H16N2O2/c1-8-3-4-9(2)11(7-8)15-13(17)10-5-6-12(16)14-10/h3-4,7,10H,5-6H2,1-2H3,(H,14,16)(H,15,17)/t10-/m0/s1. The van der Waals surface area contributed by atoms with E-state index >= 15 is 0 Å². The molecule has 0 aromatic heterocycles. The van der Waals surface area contributed by atoms with Crippen LogP contribution in [0.4, 0.5) is 5.69 Å². The quantitative estimate of drug-likeness (QED) is 0.812. The molecule has 1 saturated heterocycles. The summed E-state index contributed by atoms with van der Waals surface area (Å²) >= 11 is 0. The number of rotatable bonds is 2. The molecule has 1 fully saturated rings. The van der Waals surface area contributed by atoms with Crippen molar-refractivity contribution in [1.29, 1.82) is 0 Å². The van der Waals surface area contributed by atoms with Crippen molar-refractivity contribution in [1.82, 2.24) is 5.32 Å². The number of carbonyl (C=O) groups excluding carboxylic acids is 2. The van der Waals surface area contributed by atoms with Crippen molar-refractivity contribution in [3.05, 3.63) is 29.3 Å². The Morgan fingerprint density at radius 3 is 2.82 bits per heavy atom. The van der Waals surface area contributed by atoms with Gasteiger partial charge in [-0.15, -0.1) is 0 Å². The zero-order valence-corrected chi connectivity index (χ0v) is 10.0. The highest BCUT2D eigenvalue weighted by molar-refractivity contribution is 5.99. The molecule has 1 aromatic rings. The first-order valence-corrected chi connectivity index (χ1v) is 5.74. The average molecular weight is 232 g/mol. The minimum atomic E-state index is -0.387. The average Bonchev–Trinajstić information content (AvgIpc) is 2.70. The van der Waals surface area contributed by atoms with E-state index in [-0.39, 0.29) is 17.9 Å². The van der Waals surface area contributed by atoms with Crippen molar-refractivity contribution in [2.75, 3.05) is 5.32 Å². The molecule has 0 bridgehead atoms. The lowest BCUT2D eigenvalue weighted by Crippen LogP contribution is -2.37. The molecule has 2 amide bonds. The second-order valence-corrected chi connectivity index (χ2v) is 4.47. The molecule has 2 N–H and O–H groups in total. The maximum Gasteiger partial charge on any atom is 0.246 e. The Kier molecular flexibility index (Phi) is 3.13. The van der Waals surface area contributed by atoms with Crippen LogP contribution < -0.4 is 10.6 Å². The second kappa shape index (κ2) is 4.57. The number of anilines is 1. The van der Waals surface area contributed by atoms with Crippen molar-refractivity contribution in [3.8, 4) is 0 Å². The molecule has 0 radical (unpaired) electrons. The number of hydrogen-bond donors (Lipinski definition) is 2. The third kappa shape index (κ3) is 2.64. The van der Waals surface area contributed by atoms with E-state index in [0.717, 1.165) is 16.8 Å². The summed E-state index contributed by atoms with van der Waals surface area (Å²) in [7, 11) is 0. The van der Waals surface area contributed by atoms with E-state index in [2.05, 4.69) is 10.6 Å². The molecular weight excluding hydrogens is 216 g/mol. The predicted octanol–water partition coefficient (Wildman–Crippen LogP) is 1.52. The highest BCUT2D eigenvalue weighted by Gasteiger charge is 2.27. The van der Waals surface area contributed by atoms with Gasteiger partial charge in [-0.2, -0.15) is 0 Å². The summed E-state index contributed by atoms with van der Waals surface area (Å²) in [5.41, 5.74) is 2.94. The maximum atomic E-state index is 11.9. The van der Waals surface area contributed by atoms with Crippen LogP contribution in [0.3, 0.4) is 0 Å². The maximum absolute atomic E-state index is 11.9. The Hall–Kier alpha value is -1.84. The van der Waals surface area contributed by atoms with E-state index in [9.17, 15) is 9.59 Å². The normalized spacial score (nSPS) is 18.9. The summed E-state index contributed by atoms with van der Waals surface area (Å²) in [6, 6.07) is 5.52. The molecule has 4 nitrogen and oxygen atoms in total. The number of benzene rings is 1. The minimum Gasteiger partial charge on any atom is -0.344 e. The van der Waals surface area contributed by atoms with Crippen LogP contribution in [-0.2, 0) is 9.59 Å². The number of amides is 2. The second-order valence-electron chi connectivity index (χ2n) is 4.47. The lowest BCUT2D eigenvalue weighted by atomic mass is 10.1. The molecule has 1 aliphatic rings. The Bertz CT molecular complexity index is 468. The van der Waals surface area contributed by atoms with Gasteiger partial charge in [0.1, 0.15) is 6.04 Å². The molecule has 1 heterocycles. The molecule has 0 spiro atoms. The van der Waals surface area contributed by atoms with Crippen molar-refractivity contribution in [2.45, 2.75) is 32.7 Å². The van der Waals surface area contributed by atoms with Gasteiger partial charge in [-0.3, -0.25) is 9.59 Å². The number of carbonyl (C=O) groups is 2. The largest absolute Gasteiger partial charge is 0.344 e. The van der Waals surface area contributed by atoms with Gasteiger partial charge in [0.15, 0.2) is 0 Å². The first-order valence-electron chi connectivity index (χ1n) is 5.74. The van der Waals surface area contributed by atoms with Crippen molar-refractivity contribution >= 4 is 17.5 Å². The van der Waals surface area contributed by atoms with Crippen LogP contribution in [0.5, 0.6) is 0 Å². The summed E-state index contributed by atoms with van der Waals surface area (Å²) in [5.74, 6) is -0.185. The molecule has 17 heavy (non-hydrogen) atoms. The van der Waals surface area contributed by atoms with Gasteiger partial charge in [0.25, 0.3) is 0 Å². The highest BCUT2D eigenvalue weighted by atomic mass is 16.2. The van der Waals surface area contributed by atoms with E-state index in [1.54, 1.807) is 0 Å². The van der Waals surface area contributed by atoms with E-state index < -0.39 is 0 Å². The van der Waals surface area contributed by atoms with Crippen LogP contribution in [0.2, 0.25) is 0 Å². The smallest absolute Gasteiger partial charge is 0.246 e. The first-order chi connectivity index (χ1) is 8.06. The molecule has 1 atom stereocenters. The predicted molar refractivity (Wildman–Crippen MR) is 65.7 cm³/mol. The van der Waals surface area contributed by atoms with Gasteiger partial charge >= 0.3 is 0 Å². The van der Waals surface area contributed by atoms with E-state index in [1.807, 2.05) is 32.0 Å². The molecule has 1 aromatic carbocycles. The Morgan fingerprint density at radius 2 is 2.18 bits per heavy atom. The van der Waals surface area contributed by atoms with E-state index in [1.165, 1.54) is 0 Å². The lowest BCUT2D eigenvalue weighted by molar-refractivity contribution is -0.122. The Balaban J connectivity index is 2.07. The number of nitrogens with one attached hydrogen (secondary N) is 2. The van der Waals surface area contributed by atoms with Gasteiger partial charge in [-0.05, 0) is 37.5 Å². The van der Waals surface area contributed by atoms with Crippen molar-refractivity contribution in [2.24, 2.45) is 0 Å². The summed E-state index contributed by atoms with van der Waals surface area (Å²) in [5, 5.41) is 5.52. The molecule has 0 saturated carbocycles. The van der Waals surface area contributed by atoms with E-state index in [0.29, 0.717) is 12.8 Å². The molecule has 0 unspecified atom stereocenters. The summed E-state index contributed by atoms with van der Waals surface area (Å²) < 4.78 is 0. The van der Waals surface area contributed by atoms with Crippen molar-refractivity contribution in [3.63, 3.8) is 0 Å². The fourth-order valence-corrected chi connectivity index (χ4v) is 1.90. The summed E-state index contributed by atoms with van der Waals surface area (Å²) in [6.07, 6.45) is 1.01. The van der Waals surface area contributed by atoms with Crippen LogP contribution in [0.25, 0.3) is 0 Å². The van der Waals surface area contributed by atoms with Crippen LogP contribution in [-0.4, -0.2) is 17.9 Å². The minimum absolute atomic E-state index is 0.0499. The third-order valence-electron chi connectivity index (χ3n) is 2.96. The molecular formula is C13H16N2O2. The lowest BCUT2D eigenvalue weighted by Gasteiger charge is -2.13. The van der Waals surface area contributed by atoms with E-state index in [4.69, 9.17) is 0 Å². The van der Waals surface area contributed by atoms with Crippen LogP contribution in [0, 0.1) is 13.8 Å². The Morgan fingerprint density at radius 1 is 1.41 bits per heavy atom. The number of aryl methyl sites for hydroxylation is 2. The zero-order valence-electron chi connectivity index (χ0n) is 10.0. The van der Waals surface area contributed by atoms with Gasteiger partial charge in [0, 0.05) is 12.1 Å². The van der Waals surface area contributed by atoms with Gasteiger partial charge in [-0.1, -0.05) is 12.1 Å². The van der Waals surface area contributed by atoms with Gasteiger partial charge in [0.05, 0.1) is 0 Å². The molecule has 0 aliphatic carbocycles. The zero-order chi connectivity index (χ0) is 12.4. The third-order valence-corrected chi connectivity index (χ3v) is 2.96. The fraction of sp³-hybridized carbons (Fsp3) is 0.385. The first kappa shape index (κ1) is 11.6. The summed E-state index contributed by atoms with van der Waals surface area (Å²) in [4.78, 5) is 22.9. The van der Waals surface area contributed by atoms with Gasteiger partial charge in [-0.25, -0.2) is 0 Å². The molecule has 1 aliphatic heterocycles. The highest BCUT2D eigenvalue weighted by Crippen LogP contribution is 2.17. The van der Waals surface area contributed by atoms with Gasteiger partial charge < -0.3 is 10.6 Å². The van der Waals surface area contributed by atoms with Crippen LogP contribution >= 0.6 is 0 Å². The fourth-order valence-electron chi connectivity index (χ4n) is 1.90. The topological polar surface area (TPSA) is 58.2 Å². The SMILES string of the molecule is Cc1ccc(C)c(NC(=O)[C@@H]2CCC(=O)N2)c1. The monoisotopic (exact) mass is 232 g/mol. The molecule has 90 valence electrons. The van der Waals surface area contributed by atoms with Crippen LogP contribution in [0.15, 0.2) is 18.2 Å². The molecule has 4 heteroatoms. The van der Waals surface area contributed by atoms with Crippen molar-refractivity contribution < 1.29 is 9.59 Å². The van der Waals surface area contributed by atoms with Crippen LogP contribution in [0.1, 0.15) is 24.0 Å². The number of hydrogen-bond acceptors (Lipinski definition) is 2.